The highest BCUT2D eigenvalue weighted by molar-refractivity contribution is 7.15. The summed E-state index contributed by atoms with van der Waals surface area (Å²) in [6.07, 6.45) is 4.51. The highest BCUT2D eigenvalue weighted by atomic mass is 32.1. The lowest BCUT2D eigenvalue weighted by Gasteiger charge is -2.25. The number of aliphatic hydroxyl groups excluding tert-OH is 1. The molecular weight excluding hydrogens is 208 g/mol. The van der Waals surface area contributed by atoms with Crippen molar-refractivity contribution >= 4 is 16.5 Å². The quantitative estimate of drug-likeness (QED) is 0.836. The molecule has 1 aliphatic rings. The maximum atomic E-state index is 9.02. The number of aromatic nitrogens is 1. The second-order valence-electron chi connectivity index (χ2n) is 4.46. The van der Waals surface area contributed by atoms with Crippen molar-refractivity contribution in [1.82, 2.24) is 4.98 Å². The van der Waals surface area contributed by atoms with Crippen molar-refractivity contribution in [2.24, 2.45) is 5.92 Å². The molecule has 1 aliphatic carbocycles. The molecule has 1 aromatic rings. The molecule has 84 valence electrons. The van der Waals surface area contributed by atoms with Gasteiger partial charge < -0.3 is 10.0 Å². The second-order valence-corrected chi connectivity index (χ2v) is 5.55. The van der Waals surface area contributed by atoms with Crippen LogP contribution < -0.4 is 4.90 Å². The maximum Gasteiger partial charge on any atom is 0.185 e. The van der Waals surface area contributed by atoms with Crippen LogP contribution in [0.15, 0.2) is 6.20 Å². The zero-order valence-electron chi connectivity index (χ0n) is 9.31. The molecule has 4 heteroatoms. The van der Waals surface area contributed by atoms with E-state index >= 15 is 0 Å². The predicted molar refractivity (Wildman–Crippen MR) is 63.2 cm³/mol. The van der Waals surface area contributed by atoms with Crippen LogP contribution in [0.4, 0.5) is 5.13 Å². The summed E-state index contributed by atoms with van der Waals surface area (Å²) in [5.74, 6) is 0.869. The number of hydrogen-bond donors (Lipinski definition) is 1. The smallest absolute Gasteiger partial charge is 0.185 e. The molecular formula is C11H18N2OS. The average Bonchev–Trinajstić information content (AvgIpc) is 2.91. The normalized spacial score (nSPS) is 16.0. The first-order chi connectivity index (χ1) is 7.20. The summed E-state index contributed by atoms with van der Waals surface area (Å²) < 4.78 is 0. The van der Waals surface area contributed by atoms with Crippen LogP contribution in [0.3, 0.4) is 0 Å². The number of nitrogens with zero attached hydrogens (tertiary/aromatic N) is 2. The number of thiazole rings is 1. The minimum Gasteiger partial charge on any atom is -0.391 e. The summed E-state index contributed by atoms with van der Waals surface area (Å²) in [7, 11) is 0. The van der Waals surface area contributed by atoms with Gasteiger partial charge in [-0.05, 0) is 32.6 Å². The zero-order valence-corrected chi connectivity index (χ0v) is 10.1. The highest BCUT2D eigenvalue weighted by Crippen LogP contribution is 2.33. The molecule has 0 unspecified atom stereocenters. The third-order valence-corrected chi connectivity index (χ3v) is 3.74. The van der Waals surface area contributed by atoms with Crippen molar-refractivity contribution in [2.45, 2.75) is 39.3 Å². The van der Waals surface area contributed by atoms with Gasteiger partial charge in [-0.15, -0.1) is 0 Å². The summed E-state index contributed by atoms with van der Waals surface area (Å²) >= 11 is 1.60. The molecule has 0 aromatic carbocycles. The summed E-state index contributed by atoms with van der Waals surface area (Å²) in [6, 6.07) is 0.489. The average molecular weight is 226 g/mol. The maximum absolute atomic E-state index is 9.02. The van der Waals surface area contributed by atoms with Crippen LogP contribution in [0.2, 0.25) is 0 Å². The van der Waals surface area contributed by atoms with Crippen LogP contribution in [-0.4, -0.2) is 22.7 Å². The van der Waals surface area contributed by atoms with Crippen LogP contribution in [0.1, 0.15) is 31.6 Å². The standard InChI is InChI=1S/C11H18N2OS/c1-8(2)13(6-9-3-4-9)11-12-5-10(7-14)15-11/h5,8-9,14H,3-4,6-7H2,1-2H3. The van der Waals surface area contributed by atoms with Crippen molar-refractivity contribution in [3.8, 4) is 0 Å². The van der Waals surface area contributed by atoms with Crippen molar-refractivity contribution in [3.63, 3.8) is 0 Å². The zero-order chi connectivity index (χ0) is 10.8. The SMILES string of the molecule is CC(C)N(CC1CC1)c1ncc(CO)s1. The van der Waals surface area contributed by atoms with E-state index < -0.39 is 0 Å². The molecule has 15 heavy (non-hydrogen) atoms. The Morgan fingerprint density at radius 1 is 1.60 bits per heavy atom. The van der Waals surface area contributed by atoms with E-state index in [4.69, 9.17) is 5.11 Å². The molecule has 0 spiro atoms. The van der Waals surface area contributed by atoms with E-state index in [2.05, 4.69) is 23.7 Å². The van der Waals surface area contributed by atoms with Gasteiger partial charge in [0.15, 0.2) is 5.13 Å². The highest BCUT2D eigenvalue weighted by Gasteiger charge is 2.26. The van der Waals surface area contributed by atoms with Crippen molar-refractivity contribution in [2.75, 3.05) is 11.4 Å². The van der Waals surface area contributed by atoms with E-state index in [1.807, 2.05) is 0 Å². The Hall–Kier alpha value is -0.610. The van der Waals surface area contributed by atoms with Gasteiger partial charge in [0, 0.05) is 18.8 Å². The van der Waals surface area contributed by atoms with Crippen LogP contribution in [0, 0.1) is 5.92 Å². The summed E-state index contributed by atoms with van der Waals surface area (Å²) in [4.78, 5) is 7.67. The van der Waals surface area contributed by atoms with Gasteiger partial charge in [-0.2, -0.15) is 0 Å². The fourth-order valence-corrected chi connectivity index (χ4v) is 2.50. The van der Waals surface area contributed by atoms with Crippen molar-refractivity contribution < 1.29 is 5.11 Å². The fourth-order valence-electron chi connectivity index (χ4n) is 1.59. The molecule has 0 radical (unpaired) electrons. The summed E-state index contributed by atoms with van der Waals surface area (Å²) in [6.45, 7) is 5.62. The fraction of sp³-hybridized carbons (Fsp3) is 0.727. The van der Waals surface area contributed by atoms with Gasteiger partial charge in [0.2, 0.25) is 0 Å². The Balaban J connectivity index is 2.07. The Bertz CT molecular complexity index is 320. The Morgan fingerprint density at radius 2 is 2.33 bits per heavy atom. The van der Waals surface area contributed by atoms with Gasteiger partial charge in [0.25, 0.3) is 0 Å². The van der Waals surface area contributed by atoms with Gasteiger partial charge in [0.1, 0.15) is 0 Å². The molecule has 1 aromatic heterocycles. The molecule has 0 aliphatic heterocycles. The molecule has 3 nitrogen and oxygen atoms in total. The number of hydrogen-bond acceptors (Lipinski definition) is 4. The minimum atomic E-state index is 0.104. The van der Waals surface area contributed by atoms with Gasteiger partial charge in [0.05, 0.1) is 11.5 Å². The summed E-state index contributed by atoms with van der Waals surface area (Å²) in [5, 5.41) is 10.1. The van der Waals surface area contributed by atoms with E-state index in [0.717, 1.165) is 22.5 Å². The van der Waals surface area contributed by atoms with Crippen LogP contribution in [0.25, 0.3) is 0 Å². The molecule has 1 fully saturated rings. The Morgan fingerprint density at radius 3 is 2.80 bits per heavy atom. The van der Waals surface area contributed by atoms with Gasteiger partial charge in [-0.3, -0.25) is 0 Å². The largest absolute Gasteiger partial charge is 0.391 e. The Kier molecular flexibility index (Phi) is 3.26. The van der Waals surface area contributed by atoms with Crippen LogP contribution in [-0.2, 0) is 6.61 Å². The van der Waals surface area contributed by atoms with E-state index in [1.165, 1.54) is 12.8 Å². The molecule has 0 atom stereocenters. The third-order valence-electron chi connectivity index (χ3n) is 2.72. The Labute approximate surface area is 94.8 Å². The van der Waals surface area contributed by atoms with Crippen molar-refractivity contribution in [3.05, 3.63) is 11.1 Å². The van der Waals surface area contributed by atoms with E-state index in [9.17, 15) is 0 Å². The van der Waals surface area contributed by atoms with Crippen molar-refractivity contribution in [1.29, 1.82) is 0 Å². The molecule has 0 amide bonds. The van der Waals surface area contributed by atoms with E-state index in [1.54, 1.807) is 17.5 Å². The first-order valence-corrected chi connectivity index (χ1v) is 6.34. The van der Waals surface area contributed by atoms with Crippen LogP contribution >= 0.6 is 11.3 Å². The topological polar surface area (TPSA) is 36.4 Å². The molecule has 1 N–H and O–H groups in total. The third kappa shape index (κ3) is 2.69. The van der Waals surface area contributed by atoms with Gasteiger partial charge in [-0.1, -0.05) is 11.3 Å². The lowest BCUT2D eigenvalue weighted by molar-refractivity contribution is 0.285. The second kappa shape index (κ2) is 4.49. The molecule has 1 heterocycles. The first-order valence-electron chi connectivity index (χ1n) is 5.53. The van der Waals surface area contributed by atoms with Gasteiger partial charge in [-0.25, -0.2) is 4.98 Å². The number of aliphatic hydroxyl groups is 1. The van der Waals surface area contributed by atoms with E-state index in [0.29, 0.717) is 6.04 Å². The summed E-state index contributed by atoms with van der Waals surface area (Å²) in [5.41, 5.74) is 0. The van der Waals surface area contributed by atoms with Gasteiger partial charge >= 0.3 is 0 Å². The van der Waals surface area contributed by atoms with Crippen LogP contribution in [0.5, 0.6) is 0 Å². The molecule has 0 bridgehead atoms. The monoisotopic (exact) mass is 226 g/mol. The minimum absolute atomic E-state index is 0.104. The first kappa shape index (κ1) is 10.9. The molecule has 2 rings (SSSR count). The number of anilines is 1. The lowest BCUT2D eigenvalue weighted by atomic mass is 10.3. The van der Waals surface area contributed by atoms with E-state index in [-0.39, 0.29) is 6.61 Å². The molecule has 0 saturated heterocycles. The lowest BCUT2D eigenvalue weighted by Crippen LogP contribution is -2.32. The number of rotatable bonds is 5. The predicted octanol–water partition coefficient (Wildman–Crippen LogP) is 2.26. The molecule has 1 saturated carbocycles.